The van der Waals surface area contributed by atoms with Crippen molar-refractivity contribution < 1.29 is 14.6 Å². The van der Waals surface area contributed by atoms with Crippen LogP contribution in [0.3, 0.4) is 0 Å². The van der Waals surface area contributed by atoms with Crippen LogP contribution in [-0.2, 0) is 9.53 Å². The van der Waals surface area contributed by atoms with Crippen molar-refractivity contribution in [2.75, 3.05) is 0 Å². The van der Waals surface area contributed by atoms with Gasteiger partial charge in [-0.15, -0.1) is 0 Å². The van der Waals surface area contributed by atoms with Gasteiger partial charge in [0.25, 0.3) is 0 Å². The fourth-order valence-corrected chi connectivity index (χ4v) is 3.65. The molecule has 1 aliphatic carbocycles. The summed E-state index contributed by atoms with van der Waals surface area (Å²) in [7, 11) is 0. The summed E-state index contributed by atoms with van der Waals surface area (Å²) in [5.74, 6) is -0.112. The first-order chi connectivity index (χ1) is 9.24. The summed E-state index contributed by atoms with van der Waals surface area (Å²) in [6, 6.07) is 0. The van der Waals surface area contributed by atoms with E-state index in [0.717, 1.165) is 12.8 Å². The third-order valence-corrected chi connectivity index (χ3v) is 4.74. The van der Waals surface area contributed by atoms with Crippen molar-refractivity contribution in [3.63, 3.8) is 0 Å². The minimum Gasteiger partial charge on any atom is -0.461 e. The van der Waals surface area contributed by atoms with Crippen LogP contribution >= 0.6 is 0 Å². The number of hydrogen-bond acceptors (Lipinski definition) is 3. The van der Waals surface area contributed by atoms with Crippen LogP contribution in [0.1, 0.15) is 79.6 Å². The number of carbonyl (C=O) groups is 1. The third-order valence-electron chi connectivity index (χ3n) is 4.74. The smallest absolute Gasteiger partial charge is 0.306 e. The Hall–Kier alpha value is -0.570. The molecule has 0 aromatic heterocycles. The first kappa shape index (κ1) is 17.5. The molecule has 0 bridgehead atoms. The van der Waals surface area contributed by atoms with Gasteiger partial charge in [-0.2, -0.15) is 0 Å². The summed E-state index contributed by atoms with van der Waals surface area (Å²) >= 11 is 0. The molecule has 1 fully saturated rings. The quantitative estimate of drug-likeness (QED) is 0.540. The lowest BCUT2D eigenvalue weighted by atomic mass is 9.51. The highest BCUT2D eigenvalue weighted by Gasteiger charge is 2.63. The molecule has 118 valence electrons. The van der Waals surface area contributed by atoms with E-state index in [2.05, 4.69) is 6.92 Å². The van der Waals surface area contributed by atoms with Gasteiger partial charge in [-0.3, -0.25) is 4.79 Å². The maximum Gasteiger partial charge on any atom is 0.306 e. The lowest BCUT2D eigenvalue weighted by Crippen LogP contribution is -2.68. The predicted octanol–water partition coefficient (Wildman–Crippen LogP) is 4.08. The van der Waals surface area contributed by atoms with Gasteiger partial charge in [0.1, 0.15) is 6.10 Å². The fourth-order valence-electron chi connectivity index (χ4n) is 3.65. The summed E-state index contributed by atoms with van der Waals surface area (Å²) in [5, 5.41) is 10.1. The van der Waals surface area contributed by atoms with Gasteiger partial charge in [0.05, 0.1) is 6.10 Å². The number of carbonyl (C=O) groups excluding carboxylic acids is 1. The molecule has 0 aliphatic heterocycles. The second kappa shape index (κ2) is 6.93. The average molecular weight is 284 g/mol. The minimum absolute atomic E-state index is 0.112. The van der Waals surface area contributed by atoms with Crippen LogP contribution in [0.2, 0.25) is 0 Å². The monoisotopic (exact) mass is 284 g/mol. The van der Waals surface area contributed by atoms with Gasteiger partial charge in [-0.1, -0.05) is 66.7 Å². The van der Waals surface area contributed by atoms with Crippen LogP contribution < -0.4 is 0 Å². The van der Waals surface area contributed by atoms with Crippen LogP contribution in [-0.4, -0.2) is 23.3 Å². The van der Waals surface area contributed by atoms with Gasteiger partial charge < -0.3 is 9.84 Å². The van der Waals surface area contributed by atoms with Gasteiger partial charge in [0.2, 0.25) is 0 Å². The molecule has 0 atom stereocenters. The van der Waals surface area contributed by atoms with E-state index < -0.39 is 6.10 Å². The largest absolute Gasteiger partial charge is 0.461 e. The highest BCUT2D eigenvalue weighted by atomic mass is 16.5. The van der Waals surface area contributed by atoms with E-state index in [9.17, 15) is 9.90 Å². The molecule has 0 heterocycles. The average Bonchev–Trinajstić information content (AvgIpc) is 2.38. The van der Waals surface area contributed by atoms with E-state index in [-0.39, 0.29) is 22.9 Å². The zero-order valence-corrected chi connectivity index (χ0v) is 13.9. The number of aliphatic hydroxyl groups is 1. The molecule has 0 unspecified atom stereocenters. The molecular formula is C17H32O3. The molecule has 3 heteroatoms. The first-order valence-corrected chi connectivity index (χ1v) is 8.12. The number of unbranched alkanes of at least 4 members (excludes halogenated alkanes) is 5. The topological polar surface area (TPSA) is 46.5 Å². The SMILES string of the molecule is CCCCCCCCC(=O)OC1C(C)(C)C(O)C1(C)C. The summed E-state index contributed by atoms with van der Waals surface area (Å²) in [5.41, 5.74) is -0.666. The van der Waals surface area contributed by atoms with Crippen LogP contribution in [0.15, 0.2) is 0 Å². The standard InChI is InChI=1S/C17H32O3/c1-6-7-8-9-10-11-12-13(18)20-15-16(2,3)14(19)17(15,4)5/h14-15,19H,6-12H2,1-5H3. The Labute approximate surface area is 124 Å². The van der Waals surface area contributed by atoms with Gasteiger partial charge in [0, 0.05) is 17.3 Å². The lowest BCUT2D eigenvalue weighted by Gasteiger charge is -2.60. The van der Waals surface area contributed by atoms with Crippen LogP contribution in [0.25, 0.3) is 0 Å². The Morgan fingerprint density at radius 1 is 1.00 bits per heavy atom. The van der Waals surface area contributed by atoms with Crippen molar-refractivity contribution in [2.24, 2.45) is 10.8 Å². The summed E-state index contributed by atoms with van der Waals surface area (Å²) in [4.78, 5) is 11.9. The minimum atomic E-state index is -0.415. The second-order valence-electron chi connectivity index (χ2n) is 7.43. The highest BCUT2D eigenvalue weighted by molar-refractivity contribution is 5.69. The molecule has 0 aromatic carbocycles. The van der Waals surface area contributed by atoms with Crippen molar-refractivity contribution >= 4 is 5.97 Å². The first-order valence-electron chi connectivity index (χ1n) is 8.12. The van der Waals surface area contributed by atoms with Gasteiger partial charge in [0.15, 0.2) is 0 Å². The fraction of sp³-hybridized carbons (Fsp3) is 0.941. The van der Waals surface area contributed by atoms with Crippen LogP contribution in [0, 0.1) is 10.8 Å². The Bertz CT molecular complexity index is 304. The number of aliphatic hydroxyl groups excluding tert-OH is 1. The Morgan fingerprint density at radius 2 is 1.50 bits per heavy atom. The molecule has 0 saturated heterocycles. The van der Waals surface area contributed by atoms with E-state index in [1.54, 1.807) is 0 Å². The van der Waals surface area contributed by atoms with Gasteiger partial charge in [-0.05, 0) is 6.42 Å². The van der Waals surface area contributed by atoms with Gasteiger partial charge >= 0.3 is 5.97 Å². The van der Waals surface area contributed by atoms with Crippen molar-refractivity contribution in [2.45, 2.75) is 91.8 Å². The van der Waals surface area contributed by atoms with E-state index in [0.29, 0.717) is 6.42 Å². The predicted molar refractivity (Wildman–Crippen MR) is 81.4 cm³/mol. The summed E-state index contributed by atoms with van der Waals surface area (Å²) < 4.78 is 5.62. The van der Waals surface area contributed by atoms with Crippen molar-refractivity contribution in [1.29, 1.82) is 0 Å². The Kier molecular flexibility index (Phi) is 6.06. The van der Waals surface area contributed by atoms with Crippen molar-refractivity contribution in [3.05, 3.63) is 0 Å². The molecule has 0 spiro atoms. The normalized spacial score (nSPS) is 26.9. The van der Waals surface area contributed by atoms with E-state index in [1.807, 2.05) is 27.7 Å². The molecule has 0 amide bonds. The number of ether oxygens (including phenoxy) is 1. The van der Waals surface area contributed by atoms with Crippen LogP contribution in [0.5, 0.6) is 0 Å². The molecular weight excluding hydrogens is 252 g/mol. The number of esters is 1. The van der Waals surface area contributed by atoms with Crippen molar-refractivity contribution in [1.82, 2.24) is 0 Å². The molecule has 20 heavy (non-hydrogen) atoms. The zero-order valence-electron chi connectivity index (χ0n) is 13.9. The molecule has 1 N–H and O–H groups in total. The second-order valence-corrected chi connectivity index (χ2v) is 7.43. The number of rotatable bonds is 8. The summed E-state index contributed by atoms with van der Waals surface area (Å²) in [6.07, 6.45) is 6.93. The lowest BCUT2D eigenvalue weighted by molar-refractivity contribution is -0.259. The van der Waals surface area contributed by atoms with E-state index >= 15 is 0 Å². The zero-order chi connectivity index (χ0) is 15.4. The Balaban J connectivity index is 2.26. The Morgan fingerprint density at radius 3 is 2.05 bits per heavy atom. The van der Waals surface area contributed by atoms with E-state index in [4.69, 9.17) is 4.74 Å². The highest BCUT2D eigenvalue weighted by Crippen LogP contribution is 2.55. The van der Waals surface area contributed by atoms with Gasteiger partial charge in [-0.25, -0.2) is 0 Å². The number of hydrogen-bond donors (Lipinski definition) is 1. The maximum absolute atomic E-state index is 11.9. The molecule has 0 aromatic rings. The molecule has 1 rings (SSSR count). The molecule has 3 nitrogen and oxygen atoms in total. The maximum atomic E-state index is 11.9. The molecule has 1 aliphatic rings. The van der Waals surface area contributed by atoms with Crippen molar-refractivity contribution in [3.8, 4) is 0 Å². The molecule has 0 radical (unpaired) electrons. The molecule has 1 saturated carbocycles. The third kappa shape index (κ3) is 3.75. The summed E-state index contributed by atoms with van der Waals surface area (Å²) in [6.45, 7) is 10.1. The van der Waals surface area contributed by atoms with E-state index in [1.165, 1.54) is 25.7 Å². The van der Waals surface area contributed by atoms with Crippen LogP contribution in [0.4, 0.5) is 0 Å².